The molecule has 31 heavy (non-hydrogen) atoms. The van der Waals surface area contributed by atoms with Gasteiger partial charge >= 0.3 is 12.1 Å². The quantitative estimate of drug-likeness (QED) is 0.591. The second-order valence-electron chi connectivity index (χ2n) is 8.34. The number of methoxy groups -OCH3 is 1. The average Bonchev–Trinajstić information content (AvgIpc) is 2.72. The van der Waals surface area contributed by atoms with E-state index < -0.39 is 33.3 Å². The van der Waals surface area contributed by atoms with Gasteiger partial charge in [-0.05, 0) is 51.0 Å². The summed E-state index contributed by atoms with van der Waals surface area (Å²) in [6.45, 7) is 7.46. The first-order chi connectivity index (χ1) is 14.5. The SMILES string of the molecule is COC(=O)C[C@](C)(N[S@](=O)C(C)(C)C)c1cccc(NC(=O)OCc2ccccc2)c1. The van der Waals surface area contributed by atoms with Gasteiger partial charge in [-0.1, -0.05) is 42.5 Å². The molecule has 0 bridgehead atoms. The van der Waals surface area contributed by atoms with Crippen molar-refractivity contribution in [2.24, 2.45) is 0 Å². The Balaban J connectivity index is 2.18. The summed E-state index contributed by atoms with van der Waals surface area (Å²) in [6.07, 6.45) is -0.630. The Morgan fingerprint density at radius 3 is 2.29 bits per heavy atom. The fourth-order valence-corrected chi connectivity index (χ4v) is 3.64. The van der Waals surface area contributed by atoms with Crippen LogP contribution in [0.5, 0.6) is 0 Å². The summed E-state index contributed by atoms with van der Waals surface area (Å²) in [5.41, 5.74) is 1.08. The number of benzene rings is 2. The summed E-state index contributed by atoms with van der Waals surface area (Å²) in [5.74, 6) is -0.443. The van der Waals surface area contributed by atoms with Gasteiger partial charge in [0.2, 0.25) is 0 Å². The molecule has 0 fully saturated rings. The predicted octanol–water partition coefficient (Wildman–Crippen LogP) is 4.27. The molecule has 2 atom stereocenters. The van der Waals surface area contributed by atoms with Gasteiger partial charge in [0, 0.05) is 5.69 Å². The highest BCUT2D eigenvalue weighted by molar-refractivity contribution is 7.84. The molecule has 0 spiro atoms. The number of nitrogens with one attached hydrogen (secondary N) is 2. The maximum absolute atomic E-state index is 12.8. The molecule has 0 saturated carbocycles. The first-order valence-corrected chi connectivity index (χ1v) is 11.0. The topological polar surface area (TPSA) is 93.7 Å². The van der Waals surface area contributed by atoms with Crippen LogP contribution >= 0.6 is 0 Å². The van der Waals surface area contributed by atoms with Crippen molar-refractivity contribution in [3.63, 3.8) is 0 Å². The molecule has 0 aliphatic heterocycles. The Hall–Kier alpha value is -2.71. The minimum absolute atomic E-state index is 0.0345. The number of rotatable bonds is 8. The van der Waals surface area contributed by atoms with Gasteiger partial charge in [-0.2, -0.15) is 0 Å². The minimum atomic E-state index is -1.44. The van der Waals surface area contributed by atoms with Crippen molar-refractivity contribution in [1.29, 1.82) is 0 Å². The van der Waals surface area contributed by atoms with Crippen molar-refractivity contribution in [3.05, 3.63) is 65.7 Å². The van der Waals surface area contributed by atoms with E-state index in [1.165, 1.54) is 7.11 Å². The molecule has 0 saturated heterocycles. The summed E-state index contributed by atoms with van der Waals surface area (Å²) in [5, 5.41) is 2.69. The number of carbonyl (C=O) groups excluding carboxylic acids is 2. The summed E-state index contributed by atoms with van der Waals surface area (Å²) < 4.78 is 25.4. The summed E-state index contributed by atoms with van der Waals surface area (Å²) in [6, 6.07) is 16.4. The van der Waals surface area contributed by atoms with Crippen LogP contribution in [-0.4, -0.2) is 28.1 Å². The van der Waals surface area contributed by atoms with E-state index in [0.717, 1.165) is 5.56 Å². The minimum Gasteiger partial charge on any atom is -0.469 e. The Morgan fingerprint density at radius 1 is 1.00 bits per heavy atom. The van der Waals surface area contributed by atoms with Gasteiger partial charge in [0.05, 0.1) is 34.8 Å². The highest BCUT2D eigenvalue weighted by Gasteiger charge is 2.35. The number of esters is 1. The van der Waals surface area contributed by atoms with Crippen LogP contribution in [0.4, 0.5) is 10.5 Å². The van der Waals surface area contributed by atoms with Gasteiger partial charge in [-0.15, -0.1) is 0 Å². The second kappa shape index (κ2) is 10.5. The van der Waals surface area contributed by atoms with Crippen molar-refractivity contribution >= 4 is 28.7 Å². The number of hydrogen-bond donors (Lipinski definition) is 2. The third kappa shape index (κ3) is 7.48. The molecule has 0 heterocycles. The van der Waals surface area contributed by atoms with Crippen LogP contribution in [0.3, 0.4) is 0 Å². The zero-order valence-corrected chi connectivity index (χ0v) is 19.4. The monoisotopic (exact) mass is 446 g/mol. The lowest BCUT2D eigenvalue weighted by Crippen LogP contribution is -2.47. The van der Waals surface area contributed by atoms with Crippen LogP contribution in [0.25, 0.3) is 0 Å². The number of hydrogen-bond acceptors (Lipinski definition) is 5. The molecular weight excluding hydrogens is 416 g/mol. The van der Waals surface area contributed by atoms with Crippen LogP contribution in [0, 0.1) is 0 Å². The lowest BCUT2D eigenvalue weighted by atomic mass is 9.89. The van der Waals surface area contributed by atoms with Crippen molar-refractivity contribution in [1.82, 2.24) is 4.72 Å². The van der Waals surface area contributed by atoms with E-state index >= 15 is 0 Å². The Morgan fingerprint density at radius 2 is 1.68 bits per heavy atom. The van der Waals surface area contributed by atoms with Crippen LogP contribution in [0.15, 0.2) is 54.6 Å². The molecule has 0 unspecified atom stereocenters. The highest BCUT2D eigenvalue weighted by Crippen LogP contribution is 2.29. The molecule has 2 rings (SSSR count). The number of amides is 1. The van der Waals surface area contributed by atoms with E-state index in [0.29, 0.717) is 11.3 Å². The Labute approximate surface area is 186 Å². The van der Waals surface area contributed by atoms with Crippen molar-refractivity contribution < 1.29 is 23.3 Å². The predicted molar refractivity (Wildman–Crippen MR) is 122 cm³/mol. The van der Waals surface area contributed by atoms with E-state index in [-0.39, 0.29) is 13.0 Å². The smallest absolute Gasteiger partial charge is 0.411 e. The van der Waals surface area contributed by atoms with Crippen molar-refractivity contribution in [3.8, 4) is 0 Å². The van der Waals surface area contributed by atoms with Crippen molar-refractivity contribution in [2.45, 2.75) is 51.0 Å². The summed E-state index contributed by atoms with van der Waals surface area (Å²) in [7, 11) is -0.127. The first kappa shape index (κ1) is 24.6. The first-order valence-electron chi connectivity index (χ1n) is 9.88. The van der Waals surface area contributed by atoms with E-state index in [9.17, 15) is 13.8 Å². The fourth-order valence-electron chi connectivity index (χ4n) is 2.73. The van der Waals surface area contributed by atoms with Crippen molar-refractivity contribution in [2.75, 3.05) is 12.4 Å². The largest absolute Gasteiger partial charge is 0.469 e. The van der Waals surface area contributed by atoms with Crippen LogP contribution in [0.2, 0.25) is 0 Å². The van der Waals surface area contributed by atoms with Gasteiger partial charge in [0.25, 0.3) is 0 Å². The zero-order valence-electron chi connectivity index (χ0n) is 18.6. The molecule has 7 nitrogen and oxygen atoms in total. The van der Waals surface area contributed by atoms with E-state index in [4.69, 9.17) is 9.47 Å². The van der Waals surface area contributed by atoms with Gasteiger partial charge < -0.3 is 9.47 Å². The van der Waals surface area contributed by atoms with E-state index in [1.54, 1.807) is 31.2 Å². The number of carbonyl (C=O) groups is 2. The van der Waals surface area contributed by atoms with Gasteiger partial charge in [0.15, 0.2) is 0 Å². The maximum atomic E-state index is 12.8. The molecule has 1 amide bonds. The average molecular weight is 447 g/mol. The Bertz CT molecular complexity index is 927. The summed E-state index contributed by atoms with van der Waals surface area (Å²) in [4.78, 5) is 24.3. The summed E-state index contributed by atoms with van der Waals surface area (Å²) >= 11 is 0. The zero-order chi connectivity index (χ0) is 23.1. The standard InChI is InChI=1S/C23H30N2O5S/c1-22(2,3)31(28)25-23(4,15-20(26)29-5)18-12-9-13-19(14-18)24-21(27)30-16-17-10-7-6-8-11-17/h6-14,25H,15-16H2,1-5H3,(H,24,27)/t23-,31+/m0/s1. The molecule has 8 heteroatoms. The van der Waals surface area contributed by atoms with Crippen LogP contribution in [0.1, 0.15) is 45.2 Å². The van der Waals surface area contributed by atoms with E-state index in [1.807, 2.05) is 51.1 Å². The highest BCUT2D eigenvalue weighted by atomic mass is 32.2. The molecule has 168 valence electrons. The third-order valence-corrected chi connectivity index (χ3v) is 6.31. The maximum Gasteiger partial charge on any atom is 0.411 e. The molecular formula is C23H30N2O5S. The molecule has 2 N–H and O–H groups in total. The lowest BCUT2D eigenvalue weighted by Gasteiger charge is -2.33. The number of anilines is 1. The number of ether oxygens (including phenoxy) is 2. The normalized spacial score (nSPS) is 14.2. The second-order valence-corrected chi connectivity index (χ2v) is 10.3. The molecule has 0 aromatic heterocycles. The molecule has 0 radical (unpaired) electrons. The molecule has 0 aliphatic carbocycles. The Kier molecular flexibility index (Phi) is 8.36. The van der Waals surface area contributed by atoms with Gasteiger partial charge in [-0.3, -0.25) is 10.1 Å². The van der Waals surface area contributed by atoms with Crippen LogP contribution in [-0.2, 0) is 37.4 Å². The lowest BCUT2D eigenvalue weighted by molar-refractivity contribution is -0.142. The molecule has 0 aliphatic rings. The fraction of sp³-hybridized carbons (Fsp3) is 0.391. The third-order valence-electron chi connectivity index (χ3n) is 4.56. The van der Waals surface area contributed by atoms with Gasteiger partial charge in [0.1, 0.15) is 6.61 Å². The van der Waals surface area contributed by atoms with E-state index in [2.05, 4.69) is 10.0 Å². The van der Waals surface area contributed by atoms with Crippen LogP contribution < -0.4 is 10.0 Å². The van der Waals surface area contributed by atoms with Gasteiger partial charge in [-0.25, -0.2) is 13.7 Å². The molecule has 2 aromatic rings. The molecule has 2 aromatic carbocycles.